The van der Waals surface area contributed by atoms with Gasteiger partial charge >= 0.3 is 0 Å². The minimum Gasteiger partial charge on any atom is -0.351 e. The molecule has 1 atom stereocenters. The van der Waals surface area contributed by atoms with Crippen LogP contribution in [0.25, 0.3) is 0 Å². The van der Waals surface area contributed by atoms with Crippen molar-refractivity contribution < 1.29 is 17.6 Å². The Bertz CT molecular complexity index is 959. The van der Waals surface area contributed by atoms with E-state index in [2.05, 4.69) is 5.32 Å². The summed E-state index contributed by atoms with van der Waals surface area (Å²) >= 11 is 0. The Hall–Kier alpha value is -2.25. The molecule has 7 heteroatoms. The van der Waals surface area contributed by atoms with Gasteiger partial charge in [0.25, 0.3) is 0 Å². The van der Waals surface area contributed by atoms with Crippen LogP contribution in [0.3, 0.4) is 0 Å². The standard InChI is InChI=1S/C20H23FN2O3S/c1-3-27(25,26)23-13-17-7-5-4-6-16(17)11-19(23)20(24)22-12-15-8-9-18(21)14(2)10-15/h4-10,19H,3,11-13H2,1-2H3,(H,22,24)/t19-/m1/s1. The summed E-state index contributed by atoms with van der Waals surface area (Å²) in [5.41, 5.74) is 3.18. The van der Waals surface area contributed by atoms with Crippen molar-refractivity contribution in [2.75, 3.05) is 5.75 Å². The zero-order chi connectivity index (χ0) is 19.6. The topological polar surface area (TPSA) is 66.5 Å². The van der Waals surface area contributed by atoms with Crippen molar-refractivity contribution in [3.8, 4) is 0 Å². The van der Waals surface area contributed by atoms with Crippen molar-refractivity contribution in [1.29, 1.82) is 0 Å². The highest BCUT2D eigenvalue weighted by molar-refractivity contribution is 7.89. The van der Waals surface area contributed by atoms with Crippen LogP contribution in [0.1, 0.15) is 29.2 Å². The van der Waals surface area contributed by atoms with Gasteiger partial charge in [-0.25, -0.2) is 12.8 Å². The molecule has 0 fully saturated rings. The van der Waals surface area contributed by atoms with Gasteiger partial charge in [0.2, 0.25) is 15.9 Å². The normalized spacial score (nSPS) is 17.4. The molecule has 2 aromatic rings. The molecule has 1 heterocycles. The maximum Gasteiger partial charge on any atom is 0.239 e. The lowest BCUT2D eigenvalue weighted by Gasteiger charge is -2.34. The van der Waals surface area contributed by atoms with Crippen molar-refractivity contribution in [1.82, 2.24) is 9.62 Å². The number of carbonyl (C=O) groups is 1. The minimum atomic E-state index is -3.53. The van der Waals surface area contributed by atoms with E-state index in [-0.39, 0.29) is 30.6 Å². The molecule has 2 aromatic carbocycles. The minimum absolute atomic E-state index is 0.0594. The second kappa shape index (κ2) is 7.78. The second-order valence-corrected chi connectivity index (χ2v) is 8.95. The first-order valence-corrected chi connectivity index (χ1v) is 10.5. The molecule has 27 heavy (non-hydrogen) atoms. The summed E-state index contributed by atoms with van der Waals surface area (Å²) in [7, 11) is -3.53. The molecule has 0 bridgehead atoms. The lowest BCUT2D eigenvalue weighted by atomic mass is 9.95. The highest BCUT2D eigenvalue weighted by Gasteiger charge is 2.37. The molecule has 0 aromatic heterocycles. The van der Waals surface area contributed by atoms with Crippen LogP contribution >= 0.6 is 0 Å². The Balaban J connectivity index is 1.80. The third-order valence-electron chi connectivity index (χ3n) is 4.92. The number of halogens is 1. The molecule has 0 saturated heterocycles. The third kappa shape index (κ3) is 4.20. The summed E-state index contributed by atoms with van der Waals surface area (Å²) in [5.74, 6) is -0.700. The first-order valence-electron chi connectivity index (χ1n) is 8.91. The quantitative estimate of drug-likeness (QED) is 0.853. The molecule has 1 aliphatic heterocycles. The number of carbonyl (C=O) groups excluding carboxylic acids is 1. The molecule has 5 nitrogen and oxygen atoms in total. The van der Waals surface area contributed by atoms with E-state index in [1.54, 1.807) is 26.0 Å². The monoisotopic (exact) mass is 390 g/mol. The predicted octanol–water partition coefficient (Wildman–Crippen LogP) is 2.53. The van der Waals surface area contributed by atoms with Gasteiger partial charge in [-0.2, -0.15) is 4.31 Å². The van der Waals surface area contributed by atoms with E-state index in [1.165, 1.54) is 10.4 Å². The maximum atomic E-state index is 13.4. The van der Waals surface area contributed by atoms with Gasteiger partial charge in [-0.05, 0) is 48.6 Å². The number of nitrogens with one attached hydrogen (secondary N) is 1. The maximum absolute atomic E-state index is 13.4. The Morgan fingerprint density at radius 3 is 2.59 bits per heavy atom. The van der Waals surface area contributed by atoms with Gasteiger partial charge in [0.1, 0.15) is 11.9 Å². The van der Waals surface area contributed by atoms with Crippen molar-refractivity contribution in [3.05, 3.63) is 70.5 Å². The summed E-state index contributed by atoms with van der Waals surface area (Å²) in [6.45, 7) is 3.65. The van der Waals surface area contributed by atoms with Crippen LogP contribution in [0.5, 0.6) is 0 Å². The van der Waals surface area contributed by atoms with Gasteiger partial charge in [0.05, 0.1) is 5.75 Å². The lowest BCUT2D eigenvalue weighted by Crippen LogP contribution is -2.52. The van der Waals surface area contributed by atoms with Crippen LogP contribution in [-0.2, 0) is 34.3 Å². The summed E-state index contributed by atoms with van der Waals surface area (Å²) in [6.07, 6.45) is 0.337. The first kappa shape index (κ1) is 19.5. The SMILES string of the molecule is CCS(=O)(=O)N1Cc2ccccc2C[C@@H]1C(=O)NCc1ccc(F)c(C)c1. The molecule has 0 unspecified atom stereocenters. The van der Waals surface area contributed by atoms with Crippen LogP contribution in [0.4, 0.5) is 4.39 Å². The average Bonchev–Trinajstić information content (AvgIpc) is 2.67. The molecule has 0 radical (unpaired) electrons. The fourth-order valence-corrected chi connectivity index (χ4v) is 4.53. The van der Waals surface area contributed by atoms with E-state index in [1.807, 2.05) is 24.3 Å². The third-order valence-corrected chi connectivity index (χ3v) is 6.75. The summed E-state index contributed by atoms with van der Waals surface area (Å²) in [5, 5.41) is 2.80. The number of hydrogen-bond donors (Lipinski definition) is 1. The number of nitrogens with zero attached hydrogens (tertiary/aromatic N) is 1. The van der Waals surface area contributed by atoms with Gasteiger partial charge in [-0.3, -0.25) is 4.79 Å². The molecule has 3 rings (SSSR count). The fourth-order valence-electron chi connectivity index (χ4n) is 3.30. The van der Waals surface area contributed by atoms with E-state index in [4.69, 9.17) is 0 Å². The number of rotatable bonds is 5. The molecule has 1 aliphatic rings. The molecule has 144 valence electrons. The predicted molar refractivity (Wildman–Crippen MR) is 102 cm³/mol. The number of aryl methyl sites for hydroxylation is 1. The fraction of sp³-hybridized carbons (Fsp3) is 0.350. The van der Waals surface area contributed by atoms with Crippen molar-refractivity contribution >= 4 is 15.9 Å². The highest BCUT2D eigenvalue weighted by atomic mass is 32.2. The largest absolute Gasteiger partial charge is 0.351 e. The molecule has 0 spiro atoms. The van der Waals surface area contributed by atoms with E-state index < -0.39 is 16.1 Å². The molecule has 0 saturated carbocycles. The molecule has 0 aliphatic carbocycles. The van der Waals surface area contributed by atoms with E-state index >= 15 is 0 Å². The van der Waals surface area contributed by atoms with Crippen LogP contribution in [0.2, 0.25) is 0 Å². The van der Waals surface area contributed by atoms with Crippen LogP contribution in [0.15, 0.2) is 42.5 Å². The first-order chi connectivity index (χ1) is 12.8. The Morgan fingerprint density at radius 2 is 1.93 bits per heavy atom. The number of benzene rings is 2. The van der Waals surface area contributed by atoms with Crippen molar-refractivity contribution in [3.63, 3.8) is 0 Å². The molecule has 1 amide bonds. The Labute approximate surface area is 159 Å². The highest BCUT2D eigenvalue weighted by Crippen LogP contribution is 2.26. The zero-order valence-electron chi connectivity index (χ0n) is 15.4. The number of hydrogen-bond acceptors (Lipinski definition) is 3. The summed E-state index contributed by atoms with van der Waals surface area (Å²) in [4.78, 5) is 12.8. The Kier molecular flexibility index (Phi) is 5.62. The van der Waals surface area contributed by atoms with Gasteiger partial charge in [0.15, 0.2) is 0 Å². The molecule has 1 N–H and O–H groups in total. The molecular weight excluding hydrogens is 367 g/mol. The van der Waals surface area contributed by atoms with Gasteiger partial charge in [0, 0.05) is 13.1 Å². The van der Waals surface area contributed by atoms with E-state index in [9.17, 15) is 17.6 Å². The smallest absolute Gasteiger partial charge is 0.239 e. The Morgan fingerprint density at radius 1 is 1.22 bits per heavy atom. The van der Waals surface area contributed by atoms with Crippen LogP contribution < -0.4 is 5.32 Å². The number of fused-ring (bicyclic) bond motifs is 1. The molecular formula is C20H23FN2O3S. The van der Waals surface area contributed by atoms with E-state index in [0.29, 0.717) is 12.0 Å². The van der Waals surface area contributed by atoms with Crippen molar-refractivity contribution in [2.24, 2.45) is 0 Å². The number of amides is 1. The van der Waals surface area contributed by atoms with E-state index in [0.717, 1.165) is 16.7 Å². The zero-order valence-corrected chi connectivity index (χ0v) is 16.2. The van der Waals surface area contributed by atoms with Gasteiger partial charge < -0.3 is 5.32 Å². The average molecular weight is 390 g/mol. The van der Waals surface area contributed by atoms with Crippen molar-refractivity contribution in [2.45, 2.75) is 39.4 Å². The summed E-state index contributed by atoms with van der Waals surface area (Å²) < 4.78 is 39.8. The van der Waals surface area contributed by atoms with Crippen LogP contribution in [0, 0.1) is 12.7 Å². The van der Waals surface area contributed by atoms with Crippen LogP contribution in [-0.4, -0.2) is 30.4 Å². The van der Waals surface area contributed by atoms with Gasteiger partial charge in [-0.15, -0.1) is 0 Å². The number of sulfonamides is 1. The summed E-state index contributed by atoms with van der Waals surface area (Å²) in [6, 6.07) is 11.4. The second-order valence-electron chi connectivity index (χ2n) is 6.74. The lowest BCUT2D eigenvalue weighted by molar-refractivity contribution is -0.125. The van der Waals surface area contributed by atoms with Gasteiger partial charge in [-0.1, -0.05) is 36.4 Å².